The third-order valence-corrected chi connectivity index (χ3v) is 8.57. The minimum absolute atomic E-state index is 0.0697. The van der Waals surface area contributed by atoms with Crippen LogP contribution in [0.3, 0.4) is 0 Å². The lowest BCUT2D eigenvalue weighted by atomic mass is 9.95. The lowest BCUT2D eigenvalue weighted by Crippen LogP contribution is -2.40. The van der Waals surface area contributed by atoms with Crippen molar-refractivity contribution < 1.29 is 23.8 Å². The van der Waals surface area contributed by atoms with Gasteiger partial charge in [0.1, 0.15) is 0 Å². The van der Waals surface area contributed by atoms with Gasteiger partial charge >= 0.3 is 5.97 Å². The van der Waals surface area contributed by atoms with Crippen molar-refractivity contribution in [1.29, 1.82) is 0 Å². The second-order valence-electron chi connectivity index (χ2n) is 11.3. The van der Waals surface area contributed by atoms with E-state index in [1.165, 1.54) is 18.3 Å². The van der Waals surface area contributed by atoms with Crippen LogP contribution in [-0.2, 0) is 14.3 Å². The second-order valence-corrected chi connectivity index (χ2v) is 12.3. The van der Waals surface area contributed by atoms with Crippen LogP contribution in [0.5, 0.6) is 11.5 Å². The summed E-state index contributed by atoms with van der Waals surface area (Å²) in [6, 6.07) is 14.3. The monoisotopic (exact) mass is 642 g/mol. The summed E-state index contributed by atoms with van der Waals surface area (Å²) >= 11 is 1.27. The van der Waals surface area contributed by atoms with Crippen LogP contribution < -0.4 is 29.7 Å². The first-order valence-electron chi connectivity index (χ1n) is 15.0. The molecule has 46 heavy (non-hydrogen) atoms. The molecule has 1 aliphatic rings. The molecular weight excluding hydrogens is 604 g/mol. The highest BCUT2D eigenvalue weighted by molar-refractivity contribution is 7.07. The number of anilines is 1. The Balaban J connectivity index is 1.64. The highest BCUT2D eigenvalue weighted by atomic mass is 32.1. The van der Waals surface area contributed by atoms with E-state index in [0.29, 0.717) is 43.4 Å². The van der Waals surface area contributed by atoms with Crippen LogP contribution in [-0.4, -0.2) is 40.8 Å². The molecule has 1 atom stereocenters. The molecule has 240 valence electrons. The molecular formula is C35H38N4O6S. The molecule has 0 spiro atoms. The van der Waals surface area contributed by atoms with Gasteiger partial charge in [0.15, 0.2) is 16.3 Å². The van der Waals surface area contributed by atoms with Crippen molar-refractivity contribution in [3.8, 4) is 17.2 Å². The number of esters is 1. The zero-order valence-corrected chi connectivity index (χ0v) is 28.1. The highest BCUT2D eigenvalue weighted by Crippen LogP contribution is 2.36. The molecule has 0 bridgehead atoms. The Hall–Kier alpha value is -4.90. The number of aromatic nitrogens is 2. The lowest BCUT2D eigenvalue weighted by Gasteiger charge is -2.25. The van der Waals surface area contributed by atoms with Crippen LogP contribution in [0.15, 0.2) is 69.6 Å². The second kappa shape index (κ2) is 13.2. The number of fused-ring (bicyclic) bond motifs is 1. The molecule has 2 aromatic carbocycles. The number of nitrogens with zero attached hydrogens (tertiary/aromatic N) is 3. The van der Waals surface area contributed by atoms with Crippen LogP contribution in [0.1, 0.15) is 63.2 Å². The first-order chi connectivity index (χ1) is 21.9. The van der Waals surface area contributed by atoms with E-state index >= 15 is 0 Å². The topological polar surface area (TPSA) is 113 Å². The molecule has 0 radical (unpaired) electrons. The first-order valence-corrected chi connectivity index (χ1v) is 15.9. The minimum atomic E-state index is -0.783. The maximum absolute atomic E-state index is 14.2. The normalized spacial score (nSPS) is 14.6. The quantitative estimate of drug-likeness (QED) is 0.258. The number of benzene rings is 2. The van der Waals surface area contributed by atoms with Crippen LogP contribution in [0.2, 0.25) is 0 Å². The van der Waals surface area contributed by atoms with Gasteiger partial charge in [0.2, 0.25) is 5.91 Å². The predicted octanol–water partition coefficient (Wildman–Crippen LogP) is 4.96. The average Bonchev–Trinajstić information content (AvgIpc) is 3.45. The number of hydrogen-bond acceptors (Lipinski definition) is 8. The standard InChI is InChI=1S/C35H38N4O6S/c1-9-44-34(42)31-21(5)36-35-39(32(31)24-10-15-28(45-19(2)3)29(17-24)43-8)33(41)30(46-35)18-25-16-20(4)38(22(25)6)27-13-11-26(12-14-27)37-23(7)40/h10-19,32H,9H2,1-8H3,(H,37,40)/b30-18-/t32-/m1/s1. The summed E-state index contributed by atoms with van der Waals surface area (Å²) in [6.07, 6.45) is 1.80. The first kappa shape index (κ1) is 32.5. The fourth-order valence-corrected chi connectivity index (χ4v) is 6.72. The van der Waals surface area contributed by atoms with Gasteiger partial charge in [-0.15, -0.1) is 0 Å². The van der Waals surface area contributed by atoms with E-state index < -0.39 is 12.0 Å². The van der Waals surface area contributed by atoms with E-state index in [1.807, 2.05) is 70.2 Å². The van der Waals surface area contributed by atoms with E-state index in [0.717, 1.165) is 22.6 Å². The van der Waals surface area contributed by atoms with E-state index in [2.05, 4.69) is 9.88 Å². The maximum atomic E-state index is 14.2. The van der Waals surface area contributed by atoms with E-state index in [9.17, 15) is 14.4 Å². The molecule has 0 unspecified atom stereocenters. The zero-order chi connectivity index (χ0) is 33.3. The van der Waals surface area contributed by atoms with Gasteiger partial charge in [-0.05, 0) is 101 Å². The molecule has 4 aromatic rings. The summed E-state index contributed by atoms with van der Waals surface area (Å²) in [6.45, 7) is 13.0. The van der Waals surface area contributed by atoms with Crippen molar-refractivity contribution in [3.63, 3.8) is 0 Å². The molecule has 11 heteroatoms. The summed E-state index contributed by atoms with van der Waals surface area (Å²) in [7, 11) is 1.55. The Morgan fingerprint density at radius 1 is 1.07 bits per heavy atom. The summed E-state index contributed by atoms with van der Waals surface area (Å²) in [5.74, 6) is 0.390. The van der Waals surface area contributed by atoms with E-state index in [4.69, 9.17) is 19.2 Å². The number of amides is 1. The van der Waals surface area contributed by atoms with Gasteiger partial charge < -0.3 is 24.1 Å². The smallest absolute Gasteiger partial charge is 0.338 e. The molecule has 1 amide bonds. The Morgan fingerprint density at radius 2 is 1.78 bits per heavy atom. The summed E-state index contributed by atoms with van der Waals surface area (Å²) in [4.78, 5) is 44.2. The Labute approximate surface area is 271 Å². The number of ether oxygens (including phenoxy) is 3. The fraction of sp³-hybridized carbons (Fsp3) is 0.314. The molecule has 0 fully saturated rings. The largest absolute Gasteiger partial charge is 0.493 e. The molecule has 0 saturated carbocycles. The summed E-state index contributed by atoms with van der Waals surface area (Å²) in [5, 5.41) is 2.79. The Kier molecular flexibility index (Phi) is 9.34. The SMILES string of the molecule is CCOC(=O)C1=C(C)N=c2s/c(=C\c3cc(C)n(-c4ccc(NC(C)=O)cc4)c3C)c(=O)n2[C@@H]1c1ccc(OC(C)C)c(OC)c1. The highest BCUT2D eigenvalue weighted by Gasteiger charge is 2.34. The number of hydrogen-bond donors (Lipinski definition) is 1. The number of thiazole rings is 1. The molecule has 10 nitrogen and oxygen atoms in total. The number of carbonyl (C=O) groups is 2. The van der Waals surface area contributed by atoms with Crippen LogP contribution in [0.4, 0.5) is 5.69 Å². The van der Waals surface area contributed by atoms with Gasteiger partial charge in [0.05, 0.1) is 41.7 Å². The predicted molar refractivity (Wildman–Crippen MR) is 179 cm³/mol. The third-order valence-electron chi connectivity index (χ3n) is 7.59. The number of methoxy groups -OCH3 is 1. The average molecular weight is 643 g/mol. The molecule has 5 rings (SSSR count). The number of aryl methyl sites for hydroxylation is 1. The van der Waals surface area contributed by atoms with Crippen molar-refractivity contribution in [2.75, 3.05) is 19.0 Å². The van der Waals surface area contributed by atoms with Crippen molar-refractivity contribution in [2.24, 2.45) is 4.99 Å². The maximum Gasteiger partial charge on any atom is 0.338 e. The zero-order valence-electron chi connectivity index (χ0n) is 27.3. The summed E-state index contributed by atoms with van der Waals surface area (Å²) in [5.41, 5.74) is 5.63. The molecule has 2 aromatic heterocycles. The Morgan fingerprint density at radius 3 is 2.41 bits per heavy atom. The molecule has 0 saturated heterocycles. The molecule has 1 N–H and O–H groups in total. The molecule has 1 aliphatic heterocycles. The van der Waals surface area contributed by atoms with E-state index in [1.54, 1.807) is 37.7 Å². The van der Waals surface area contributed by atoms with E-state index in [-0.39, 0.29) is 24.2 Å². The fourth-order valence-electron chi connectivity index (χ4n) is 5.68. The van der Waals surface area contributed by atoms with Crippen LogP contribution in [0, 0.1) is 13.8 Å². The molecule has 0 aliphatic carbocycles. The Bertz CT molecular complexity index is 2030. The number of rotatable bonds is 9. The van der Waals surface area contributed by atoms with Crippen LogP contribution in [0.25, 0.3) is 11.8 Å². The third kappa shape index (κ3) is 6.28. The van der Waals surface area contributed by atoms with Crippen molar-refractivity contribution in [2.45, 2.75) is 60.6 Å². The lowest BCUT2D eigenvalue weighted by molar-refractivity contribution is -0.139. The van der Waals surface area contributed by atoms with Crippen molar-refractivity contribution in [3.05, 3.63) is 102 Å². The minimum Gasteiger partial charge on any atom is -0.493 e. The summed E-state index contributed by atoms with van der Waals surface area (Å²) < 4.78 is 21.1. The van der Waals surface area contributed by atoms with Gasteiger partial charge in [0, 0.05) is 29.7 Å². The van der Waals surface area contributed by atoms with Gasteiger partial charge in [-0.1, -0.05) is 17.4 Å². The van der Waals surface area contributed by atoms with Gasteiger partial charge in [0.25, 0.3) is 5.56 Å². The number of allylic oxidation sites excluding steroid dienone is 1. The molecule has 3 heterocycles. The van der Waals surface area contributed by atoms with Crippen LogP contribution >= 0.6 is 11.3 Å². The van der Waals surface area contributed by atoms with Gasteiger partial charge in [-0.25, -0.2) is 9.79 Å². The van der Waals surface area contributed by atoms with Crippen molar-refractivity contribution in [1.82, 2.24) is 9.13 Å². The number of nitrogens with one attached hydrogen (secondary N) is 1. The van der Waals surface area contributed by atoms with Gasteiger partial charge in [-0.3, -0.25) is 14.2 Å². The van der Waals surface area contributed by atoms with Gasteiger partial charge in [-0.2, -0.15) is 0 Å². The van der Waals surface area contributed by atoms with Crippen molar-refractivity contribution >= 4 is 35.0 Å². The number of carbonyl (C=O) groups excluding carboxylic acids is 2.